The molecule has 0 amide bonds. The van der Waals surface area contributed by atoms with Crippen molar-refractivity contribution in [2.24, 2.45) is 5.41 Å². The van der Waals surface area contributed by atoms with Crippen molar-refractivity contribution in [2.45, 2.75) is 39.5 Å². The number of rotatable bonds is 4. The van der Waals surface area contributed by atoms with E-state index in [9.17, 15) is 0 Å². The highest BCUT2D eigenvalue weighted by atomic mass is 15.2. The minimum Gasteiger partial charge on any atom is -0.373 e. The Bertz CT molecular complexity index is 418. The summed E-state index contributed by atoms with van der Waals surface area (Å²) in [7, 11) is 1.85. The van der Waals surface area contributed by atoms with Crippen molar-refractivity contribution in [3.8, 4) is 0 Å². The van der Waals surface area contributed by atoms with E-state index in [-0.39, 0.29) is 0 Å². The van der Waals surface area contributed by atoms with Gasteiger partial charge in [-0.25, -0.2) is 0 Å². The maximum absolute atomic E-state index is 5.76. The Balaban J connectivity index is 2.11. The molecule has 1 aromatic rings. The molecular weight excluding hydrogens is 238 g/mol. The zero-order valence-electron chi connectivity index (χ0n) is 12.2. The smallest absolute Gasteiger partial charge is 0.223 e. The molecule has 1 fully saturated rings. The van der Waals surface area contributed by atoms with Crippen LogP contribution in [0.1, 0.15) is 39.5 Å². The highest BCUT2D eigenvalue weighted by Gasteiger charge is 2.31. The lowest BCUT2D eigenvalue weighted by Gasteiger charge is -2.41. The van der Waals surface area contributed by atoms with E-state index in [1.807, 2.05) is 13.1 Å². The Kier molecular flexibility index (Phi) is 4.12. The van der Waals surface area contributed by atoms with E-state index in [0.717, 1.165) is 24.7 Å². The molecule has 3 N–H and O–H groups in total. The number of nitrogens with one attached hydrogen (secondary N) is 1. The van der Waals surface area contributed by atoms with E-state index in [1.54, 1.807) is 0 Å². The maximum atomic E-state index is 5.76. The van der Waals surface area contributed by atoms with Crippen LogP contribution in [0.3, 0.4) is 0 Å². The Morgan fingerprint density at radius 3 is 2.42 bits per heavy atom. The summed E-state index contributed by atoms with van der Waals surface area (Å²) in [6.07, 6.45) is 5.01. The SMILES string of the molecule is CCC1(CC)CCN(c2cc(NC)nc(N)n2)CC1. The minimum atomic E-state index is 0.338. The van der Waals surface area contributed by atoms with Gasteiger partial charge in [-0.15, -0.1) is 0 Å². The number of aromatic nitrogens is 2. The lowest BCUT2D eigenvalue weighted by molar-refractivity contribution is 0.199. The van der Waals surface area contributed by atoms with Crippen molar-refractivity contribution >= 4 is 17.6 Å². The summed E-state index contributed by atoms with van der Waals surface area (Å²) in [6.45, 7) is 6.73. The lowest BCUT2D eigenvalue weighted by atomic mass is 9.74. The molecule has 0 aromatic carbocycles. The minimum absolute atomic E-state index is 0.338. The Hall–Kier alpha value is -1.52. The molecule has 1 aliphatic rings. The van der Waals surface area contributed by atoms with Gasteiger partial charge in [-0.2, -0.15) is 9.97 Å². The molecule has 1 aliphatic heterocycles. The molecular formula is C14H25N5. The third-order valence-corrected chi connectivity index (χ3v) is 4.63. The molecule has 19 heavy (non-hydrogen) atoms. The summed E-state index contributed by atoms with van der Waals surface area (Å²) in [5.41, 5.74) is 6.29. The summed E-state index contributed by atoms with van der Waals surface area (Å²) in [4.78, 5) is 10.8. The summed E-state index contributed by atoms with van der Waals surface area (Å²) in [6, 6.07) is 1.97. The predicted octanol–water partition coefficient (Wildman–Crippen LogP) is 2.51. The summed E-state index contributed by atoms with van der Waals surface area (Å²) in [5.74, 6) is 2.06. The Morgan fingerprint density at radius 1 is 1.26 bits per heavy atom. The molecule has 5 nitrogen and oxygen atoms in total. The number of nitrogens with zero attached hydrogens (tertiary/aromatic N) is 3. The van der Waals surface area contributed by atoms with E-state index >= 15 is 0 Å². The van der Waals surface area contributed by atoms with Crippen molar-refractivity contribution in [1.29, 1.82) is 0 Å². The highest BCUT2D eigenvalue weighted by molar-refractivity contribution is 5.52. The average Bonchev–Trinajstić information content (AvgIpc) is 2.46. The van der Waals surface area contributed by atoms with Crippen LogP contribution in [0.4, 0.5) is 17.6 Å². The maximum Gasteiger partial charge on any atom is 0.223 e. The number of anilines is 3. The van der Waals surface area contributed by atoms with Gasteiger partial charge >= 0.3 is 0 Å². The highest BCUT2D eigenvalue weighted by Crippen LogP contribution is 2.38. The first-order valence-electron chi connectivity index (χ1n) is 7.19. The van der Waals surface area contributed by atoms with Gasteiger partial charge in [-0.05, 0) is 18.3 Å². The average molecular weight is 263 g/mol. The molecule has 0 unspecified atom stereocenters. The van der Waals surface area contributed by atoms with Gasteiger partial charge in [0.05, 0.1) is 0 Å². The van der Waals surface area contributed by atoms with Gasteiger partial charge in [-0.1, -0.05) is 26.7 Å². The van der Waals surface area contributed by atoms with Gasteiger partial charge < -0.3 is 16.0 Å². The van der Waals surface area contributed by atoms with Crippen LogP contribution in [0, 0.1) is 5.41 Å². The van der Waals surface area contributed by atoms with E-state index < -0.39 is 0 Å². The second-order valence-electron chi connectivity index (χ2n) is 5.41. The number of piperidine rings is 1. The third-order valence-electron chi connectivity index (χ3n) is 4.63. The topological polar surface area (TPSA) is 67.1 Å². The van der Waals surface area contributed by atoms with Crippen LogP contribution < -0.4 is 16.0 Å². The summed E-state index contributed by atoms with van der Waals surface area (Å²) < 4.78 is 0. The van der Waals surface area contributed by atoms with Crippen LogP contribution in [0.25, 0.3) is 0 Å². The van der Waals surface area contributed by atoms with Crippen LogP contribution in [-0.4, -0.2) is 30.1 Å². The summed E-state index contributed by atoms with van der Waals surface area (Å²) in [5, 5.41) is 3.03. The number of hydrogen-bond acceptors (Lipinski definition) is 5. The van der Waals surface area contributed by atoms with Gasteiger partial charge in [0.2, 0.25) is 5.95 Å². The molecule has 1 aromatic heterocycles. The largest absolute Gasteiger partial charge is 0.373 e. The first kappa shape index (κ1) is 13.9. The first-order chi connectivity index (χ1) is 9.12. The van der Waals surface area contributed by atoms with Gasteiger partial charge in [0, 0.05) is 26.2 Å². The monoisotopic (exact) mass is 263 g/mol. The van der Waals surface area contributed by atoms with E-state index in [1.165, 1.54) is 25.7 Å². The molecule has 0 saturated carbocycles. The lowest BCUT2D eigenvalue weighted by Crippen LogP contribution is -2.40. The van der Waals surface area contributed by atoms with Crippen LogP contribution in [0.15, 0.2) is 6.07 Å². The first-order valence-corrected chi connectivity index (χ1v) is 7.19. The van der Waals surface area contributed by atoms with Crippen molar-refractivity contribution in [1.82, 2.24) is 9.97 Å². The fourth-order valence-electron chi connectivity index (χ4n) is 2.91. The van der Waals surface area contributed by atoms with Crippen molar-refractivity contribution in [2.75, 3.05) is 36.1 Å². The molecule has 2 heterocycles. The molecule has 1 saturated heterocycles. The van der Waals surface area contributed by atoms with Crippen molar-refractivity contribution in [3.63, 3.8) is 0 Å². The number of nitrogens with two attached hydrogens (primary N) is 1. The zero-order valence-corrected chi connectivity index (χ0v) is 12.2. The van der Waals surface area contributed by atoms with Crippen LogP contribution in [0.5, 0.6) is 0 Å². The zero-order chi connectivity index (χ0) is 13.9. The molecule has 0 radical (unpaired) electrons. The van der Waals surface area contributed by atoms with Crippen LogP contribution >= 0.6 is 0 Å². The van der Waals surface area contributed by atoms with Gasteiger partial charge in [-0.3, -0.25) is 0 Å². The molecule has 0 spiro atoms. The molecule has 2 rings (SSSR count). The molecule has 0 atom stereocenters. The van der Waals surface area contributed by atoms with Gasteiger partial charge in [0.1, 0.15) is 11.6 Å². The van der Waals surface area contributed by atoms with Gasteiger partial charge in [0.15, 0.2) is 0 Å². The van der Waals surface area contributed by atoms with Crippen molar-refractivity contribution in [3.05, 3.63) is 6.07 Å². The molecule has 106 valence electrons. The second-order valence-corrected chi connectivity index (χ2v) is 5.41. The quantitative estimate of drug-likeness (QED) is 0.873. The van der Waals surface area contributed by atoms with E-state index in [0.29, 0.717) is 11.4 Å². The fourth-order valence-corrected chi connectivity index (χ4v) is 2.91. The number of hydrogen-bond donors (Lipinski definition) is 2. The predicted molar refractivity (Wildman–Crippen MR) is 80.5 cm³/mol. The molecule has 5 heteroatoms. The Morgan fingerprint density at radius 2 is 1.89 bits per heavy atom. The standard InChI is InChI=1S/C14H25N5/c1-4-14(5-2)6-8-19(9-7-14)12-10-11(16-3)17-13(15)18-12/h10H,4-9H2,1-3H3,(H3,15,16,17,18). The number of nitrogen functional groups attached to an aromatic ring is 1. The third kappa shape index (κ3) is 2.91. The van der Waals surface area contributed by atoms with Gasteiger partial charge in [0.25, 0.3) is 0 Å². The van der Waals surface area contributed by atoms with Crippen molar-refractivity contribution < 1.29 is 0 Å². The van der Waals surface area contributed by atoms with Crippen LogP contribution in [0.2, 0.25) is 0 Å². The molecule has 0 aliphatic carbocycles. The summed E-state index contributed by atoms with van der Waals surface area (Å²) >= 11 is 0. The van der Waals surface area contributed by atoms with E-state index in [2.05, 4.69) is 34.0 Å². The normalized spacial score (nSPS) is 18.4. The Labute approximate surface area is 115 Å². The van der Waals surface area contributed by atoms with E-state index in [4.69, 9.17) is 5.73 Å². The molecule has 0 bridgehead atoms. The van der Waals surface area contributed by atoms with Crippen LogP contribution in [-0.2, 0) is 0 Å². The second kappa shape index (κ2) is 5.63. The fraction of sp³-hybridized carbons (Fsp3) is 0.714.